The van der Waals surface area contributed by atoms with Gasteiger partial charge in [0.25, 0.3) is 0 Å². The van der Waals surface area contributed by atoms with Crippen molar-refractivity contribution in [2.75, 3.05) is 13.6 Å². The predicted molar refractivity (Wildman–Crippen MR) is 57.9 cm³/mol. The number of nitrogens with zero attached hydrogens (tertiary/aromatic N) is 1. The number of carbonyl (C=O) groups is 1. The van der Waals surface area contributed by atoms with Crippen molar-refractivity contribution < 1.29 is 9.53 Å². The Hall–Kier alpha value is -1.00. The van der Waals surface area contributed by atoms with Crippen molar-refractivity contribution >= 4 is 18.8 Å². The van der Waals surface area contributed by atoms with E-state index in [2.05, 4.69) is 12.8 Å². The van der Waals surface area contributed by atoms with Gasteiger partial charge in [0.2, 0.25) is 0 Å². The highest BCUT2D eigenvalue weighted by atomic mass is 32.1. The van der Waals surface area contributed by atoms with Crippen LogP contribution in [0.3, 0.4) is 0 Å². The van der Waals surface area contributed by atoms with Gasteiger partial charge in [0.05, 0.1) is 0 Å². The molecule has 0 aliphatic rings. The highest BCUT2D eigenvalue weighted by Crippen LogP contribution is 2.01. The Morgan fingerprint density at radius 1 is 1.43 bits per heavy atom. The zero-order valence-corrected chi connectivity index (χ0v) is 8.91. The summed E-state index contributed by atoms with van der Waals surface area (Å²) >= 11 is 3.95. The topological polar surface area (TPSA) is 29.5 Å². The molecule has 3 nitrogen and oxygen atoms in total. The summed E-state index contributed by atoms with van der Waals surface area (Å²) in [6.45, 7) is 0.511. The standard InChI is InChI=1S/C10H13NO2S/c1-11(14)7-10(12)13-8-9-5-3-2-4-6-9/h2-6,14H,7-8H2,1H3. The molecule has 1 aromatic carbocycles. The van der Waals surface area contributed by atoms with Gasteiger partial charge in [-0.1, -0.05) is 43.1 Å². The highest BCUT2D eigenvalue weighted by molar-refractivity contribution is 7.77. The van der Waals surface area contributed by atoms with E-state index in [9.17, 15) is 4.79 Å². The molecule has 0 saturated heterocycles. The van der Waals surface area contributed by atoms with Crippen LogP contribution in [0.1, 0.15) is 5.56 Å². The van der Waals surface area contributed by atoms with Gasteiger partial charge in [-0.05, 0) is 12.6 Å². The SMILES string of the molecule is CN(S)CC(=O)OCc1ccccc1. The van der Waals surface area contributed by atoms with Crippen molar-refractivity contribution in [1.29, 1.82) is 0 Å². The second-order valence-corrected chi connectivity index (χ2v) is 3.64. The van der Waals surface area contributed by atoms with Crippen molar-refractivity contribution in [3.05, 3.63) is 35.9 Å². The molecular formula is C10H13NO2S. The lowest BCUT2D eigenvalue weighted by molar-refractivity contribution is -0.144. The molecule has 14 heavy (non-hydrogen) atoms. The molecule has 0 heterocycles. The quantitative estimate of drug-likeness (QED) is 0.604. The van der Waals surface area contributed by atoms with E-state index in [1.54, 1.807) is 7.05 Å². The zero-order chi connectivity index (χ0) is 10.4. The molecule has 0 bridgehead atoms. The van der Waals surface area contributed by atoms with Crippen LogP contribution in [0.15, 0.2) is 30.3 Å². The van der Waals surface area contributed by atoms with Crippen LogP contribution in [-0.2, 0) is 16.1 Å². The van der Waals surface area contributed by atoms with Gasteiger partial charge in [-0.2, -0.15) is 0 Å². The number of esters is 1. The van der Waals surface area contributed by atoms with E-state index >= 15 is 0 Å². The summed E-state index contributed by atoms with van der Waals surface area (Å²) in [6.07, 6.45) is 0. The third kappa shape index (κ3) is 4.30. The number of ether oxygens (including phenoxy) is 1. The second kappa shape index (κ2) is 5.67. The summed E-state index contributed by atoms with van der Waals surface area (Å²) in [4.78, 5) is 11.1. The van der Waals surface area contributed by atoms with E-state index in [1.165, 1.54) is 4.31 Å². The molecule has 0 saturated carbocycles. The molecule has 0 aliphatic carbocycles. The Morgan fingerprint density at radius 3 is 2.64 bits per heavy atom. The fourth-order valence-electron chi connectivity index (χ4n) is 0.971. The van der Waals surface area contributed by atoms with Gasteiger partial charge in [0.1, 0.15) is 13.2 Å². The minimum Gasteiger partial charge on any atom is -0.460 e. The van der Waals surface area contributed by atoms with Gasteiger partial charge in [-0.3, -0.25) is 4.79 Å². The van der Waals surface area contributed by atoms with Gasteiger partial charge >= 0.3 is 5.97 Å². The van der Waals surface area contributed by atoms with Crippen LogP contribution in [-0.4, -0.2) is 23.9 Å². The molecule has 0 atom stereocenters. The van der Waals surface area contributed by atoms with Crippen LogP contribution >= 0.6 is 12.8 Å². The minimum absolute atomic E-state index is 0.190. The Morgan fingerprint density at radius 2 is 2.07 bits per heavy atom. The number of benzene rings is 1. The van der Waals surface area contributed by atoms with Crippen molar-refractivity contribution in [3.8, 4) is 0 Å². The molecule has 0 N–H and O–H groups in total. The Kier molecular flexibility index (Phi) is 4.49. The average molecular weight is 211 g/mol. The van der Waals surface area contributed by atoms with Crippen LogP contribution in [0.4, 0.5) is 0 Å². The summed E-state index contributed by atoms with van der Waals surface area (Å²) in [5.41, 5.74) is 0.989. The molecule has 0 spiro atoms. The third-order valence-electron chi connectivity index (χ3n) is 1.60. The second-order valence-electron chi connectivity index (χ2n) is 2.96. The summed E-state index contributed by atoms with van der Waals surface area (Å²) in [6, 6.07) is 9.57. The first kappa shape index (κ1) is 11.1. The normalized spacial score (nSPS) is 10.2. The first-order chi connectivity index (χ1) is 6.68. The number of likely N-dealkylation sites (N-methyl/N-ethyl adjacent to an activating group) is 1. The van der Waals surface area contributed by atoms with Gasteiger partial charge < -0.3 is 4.74 Å². The van der Waals surface area contributed by atoms with Crippen molar-refractivity contribution in [1.82, 2.24) is 4.31 Å². The molecule has 76 valence electrons. The first-order valence-electron chi connectivity index (χ1n) is 4.28. The monoisotopic (exact) mass is 211 g/mol. The number of thiol groups is 1. The Labute approximate surface area is 89.2 Å². The van der Waals surface area contributed by atoms with E-state index in [-0.39, 0.29) is 12.5 Å². The number of carbonyl (C=O) groups excluding carboxylic acids is 1. The molecule has 0 aliphatic heterocycles. The molecule has 4 heteroatoms. The van der Waals surface area contributed by atoms with Gasteiger partial charge in [-0.15, -0.1) is 0 Å². The fraction of sp³-hybridized carbons (Fsp3) is 0.300. The van der Waals surface area contributed by atoms with E-state index < -0.39 is 0 Å². The van der Waals surface area contributed by atoms with Crippen LogP contribution in [0.5, 0.6) is 0 Å². The smallest absolute Gasteiger partial charge is 0.321 e. The predicted octanol–water partition coefficient (Wildman–Crippen LogP) is 1.51. The molecule has 0 aromatic heterocycles. The molecule has 0 amide bonds. The molecule has 0 unspecified atom stereocenters. The van der Waals surface area contributed by atoms with E-state index in [4.69, 9.17) is 4.74 Å². The van der Waals surface area contributed by atoms with Gasteiger partial charge in [0, 0.05) is 0 Å². The first-order valence-corrected chi connectivity index (χ1v) is 4.68. The largest absolute Gasteiger partial charge is 0.460 e. The number of rotatable bonds is 4. The van der Waals surface area contributed by atoms with Gasteiger partial charge in [-0.25, -0.2) is 4.31 Å². The molecule has 0 fully saturated rings. The highest BCUT2D eigenvalue weighted by Gasteiger charge is 2.04. The fourth-order valence-corrected chi connectivity index (χ4v) is 1.09. The Balaban J connectivity index is 2.31. The third-order valence-corrected chi connectivity index (χ3v) is 1.74. The van der Waals surface area contributed by atoms with Crippen molar-refractivity contribution in [3.63, 3.8) is 0 Å². The van der Waals surface area contributed by atoms with Crippen LogP contribution < -0.4 is 0 Å². The van der Waals surface area contributed by atoms with E-state index in [0.717, 1.165) is 5.56 Å². The Bertz CT molecular complexity index is 287. The molecular weight excluding hydrogens is 198 g/mol. The lowest BCUT2D eigenvalue weighted by Gasteiger charge is -2.08. The maximum absolute atomic E-state index is 11.1. The summed E-state index contributed by atoms with van der Waals surface area (Å²) in [7, 11) is 1.70. The number of hydrogen-bond acceptors (Lipinski definition) is 4. The lowest BCUT2D eigenvalue weighted by Crippen LogP contribution is -2.19. The summed E-state index contributed by atoms with van der Waals surface area (Å²) in [5, 5.41) is 0. The summed E-state index contributed by atoms with van der Waals surface area (Å²) in [5.74, 6) is -0.272. The van der Waals surface area contributed by atoms with Crippen LogP contribution in [0, 0.1) is 0 Å². The van der Waals surface area contributed by atoms with Crippen LogP contribution in [0.2, 0.25) is 0 Å². The van der Waals surface area contributed by atoms with Gasteiger partial charge in [0.15, 0.2) is 0 Å². The molecule has 1 aromatic rings. The van der Waals surface area contributed by atoms with Crippen molar-refractivity contribution in [2.24, 2.45) is 0 Å². The minimum atomic E-state index is -0.272. The lowest BCUT2D eigenvalue weighted by atomic mass is 10.2. The number of hydrogen-bond donors (Lipinski definition) is 1. The van der Waals surface area contributed by atoms with Crippen molar-refractivity contribution in [2.45, 2.75) is 6.61 Å². The average Bonchev–Trinajstić information content (AvgIpc) is 2.15. The molecule has 0 radical (unpaired) electrons. The maximum Gasteiger partial charge on any atom is 0.321 e. The molecule has 1 rings (SSSR count). The summed E-state index contributed by atoms with van der Waals surface area (Å²) < 4.78 is 6.49. The van der Waals surface area contributed by atoms with E-state index in [1.807, 2.05) is 30.3 Å². The van der Waals surface area contributed by atoms with E-state index in [0.29, 0.717) is 6.61 Å². The zero-order valence-electron chi connectivity index (χ0n) is 8.01. The van der Waals surface area contributed by atoms with Crippen LogP contribution in [0.25, 0.3) is 0 Å². The maximum atomic E-state index is 11.1.